The number of hydrogen-bond donors (Lipinski definition) is 0. The minimum atomic E-state index is -0.0822. The second kappa shape index (κ2) is 8.39. The molecule has 3 aromatic rings. The zero-order valence-electron chi connectivity index (χ0n) is 16.8. The lowest BCUT2D eigenvalue weighted by Crippen LogP contribution is -2.37. The van der Waals surface area contributed by atoms with Crippen LogP contribution in [0.15, 0.2) is 36.4 Å². The van der Waals surface area contributed by atoms with E-state index in [0.29, 0.717) is 34.3 Å². The van der Waals surface area contributed by atoms with Gasteiger partial charge in [-0.15, -0.1) is 0 Å². The summed E-state index contributed by atoms with van der Waals surface area (Å²) < 4.78 is 17.6. The van der Waals surface area contributed by atoms with Crippen molar-refractivity contribution < 1.29 is 19.0 Å². The van der Waals surface area contributed by atoms with Gasteiger partial charge in [0.05, 0.1) is 26.9 Å². The Balaban J connectivity index is 1.79. The molecule has 152 valence electrons. The lowest BCUT2D eigenvalue weighted by Gasteiger charge is -2.23. The van der Waals surface area contributed by atoms with Gasteiger partial charge in [-0.3, -0.25) is 9.69 Å². The van der Waals surface area contributed by atoms with Gasteiger partial charge in [-0.25, -0.2) is 4.98 Å². The highest BCUT2D eigenvalue weighted by molar-refractivity contribution is 7.22. The molecule has 7 heteroatoms. The number of ether oxygens (including phenoxy) is 3. The zero-order valence-corrected chi connectivity index (χ0v) is 17.6. The third kappa shape index (κ3) is 3.93. The molecule has 0 bridgehead atoms. The van der Waals surface area contributed by atoms with Crippen molar-refractivity contribution in [2.45, 2.75) is 25.9 Å². The van der Waals surface area contributed by atoms with Crippen LogP contribution in [0.3, 0.4) is 0 Å². The van der Waals surface area contributed by atoms with E-state index in [-0.39, 0.29) is 12.0 Å². The Morgan fingerprint density at radius 3 is 2.72 bits per heavy atom. The topological polar surface area (TPSA) is 60.9 Å². The summed E-state index contributed by atoms with van der Waals surface area (Å²) in [5.41, 5.74) is 2.38. The lowest BCUT2D eigenvalue weighted by atomic mass is 10.1. The number of aryl methyl sites for hydroxylation is 1. The summed E-state index contributed by atoms with van der Waals surface area (Å²) in [5, 5.41) is 0.616. The summed E-state index contributed by atoms with van der Waals surface area (Å²) in [7, 11) is 3.24. The summed E-state index contributed by atoms with van der Waals surface area (Å²) in [6.45, 7) is 3.18. The molecule has 0 saturated carbocycles. The van der Waals surface area contributed by atoms with Crippen molar-refractivity contribution in [1.82, 2.24) is 4.98 Å². The molecule has 1 atom stereocenters. The van der Waals surface area contributed by atoms with Gasteiger partial charge in [0.25, 0.3) is 5.91 Å². The second-order valence-corrected chi connectivity index (χ2v) is 8.04. The fourth-order valence-corrected chi connectivity index (χ4v) is 4.65. The Morgan fingerprint density at radius 2 is 2.03 bits per heavy atom. The smallest absolute Gasteiger partial charge is 0.260 e. The molecule has 2 heterocycles. The standard InChI is InChI=1S/C22H24N2O4S/c1-14-6-4-7-15(12-14)21(25)24(13-16-8-5-11-28-16)22-23-19-17(26-2)9-10-18(27-3)20(19)29-22/h4,6-7,9-10,12,16H,5,8,11,13H2,1-3H3. The highest BCUT2D eigenvalue weighted by Crippen LogP contribution is 2.40. The van der Waals surface area contributed by atoms with Crippen molar-refractivity contribution >= 4 is 32.6 Å². The van der Waals surface area contributed by atoms with E-state index in [0.717, 1.165) is 29.7 Å². The van der Waals surface area contributed by atoms with Crippen molar-refractivity contribution in [1.29, 1.82) is 0 Å². The summed E-state index contributed by atoms with van der Waals surface area (Å²) in [5.74, 6) is 1.29. The van der Waals surface area contributed by atoms with Gasteiger partial charge in [0.15, 0.2) is 5.13 Å². The van der Waals surface area contributed by atoms with E-state index in [4.69, 9.17) is 19.2 Å². The van der Waals surface area contributed by atoms with Gasteiger partial charge in [-0.05, 0) is 44.0 Å². The molecule has 0 spiro atoms. The van der Waals surface area contributed by atoms with Gasteiger partial charge in [0.1, 0.15) is 21.7 Å². The number of nitrogens with zero attached hydrogens (tertiary/aromatic N) is 2. The van der Waals surface area contributed by atoms with E-state index in [1.807, 2.05) is 43.3 Å². The fourth-order valence-electron chi connectivity index (χ4n) is 3.56. The Bertz CT molecular complexity index is 986. The zero-order chi connectivity index (χ0) is 20.4. The SMILES string of the molecule is COc1ccc(OC)c2sc(N(CC3CCCO3)C(=O)c3cccc(C)c3)nc12. The molecule has 1 aromatic heterocycles. The molecule has 1 amide bonds. The van der Waals surface area contributed by atoms with Crippen molar-refractivity contribution in [2.75, 3.05) is 32.3 Å². The van der Waals surface area contributed by atoms with Crippen LogP contribution in [0.2, 0.25) is 0 Å². The fraction of sp³-hybridized carbons (Fsp3) is 0.364. The van der Waals surface area contributed by atoms with Crippen molar-refractivity contribution in [2.24, 2.45) is 0 Å². The number of fused-ring (bicyclic) bond motifs is 1. The van der Waals surface area contributed by atoms with Gasteiger partial charge in [0, 0.05) is 12.2 Å². The first-order chi connectivity index (χ1) is 14.1. The number of anilines is 1. The van der Waals surface area contributed by atoms with Crippen LogP contribution in [-0.2, 0) is 4.74 Å². The van der Waals surface area contributed by atoms with Crippen LogP contribution in [0.5, 0.6) is 11.5 Å². The monoisotopic (exact) mass is 412 g/mol. The number of amides is 1. The largest absolute Gasteiger partial charge is 0.495 e. The van der Waals surface area contributed by atoms with Gasteiger partial charge in [0.2, 0.25) is 0 Å². The molecule has 1 aliphatic rings. The summed E-state index contributed by atoms with van der Waals surface area (Å²) in [4.78, 5) is 19.9. The highest BCUT2D eigenvalue weighted by Gasteiger charge is 2.28. The third-order valence-electron chi connectivity index (χ3n) is 5.05. The quantitative estimate of drug-likeness (QED) is 0.599. The normalized spacial score (nSPS) is 16.2. The van der Waals surface area contributed by atoms with E-state index in [2.05, 4.69) is 0 Å². The Kier molecular flexibility index (Phi) is 5.69. The molecule has 0 aliphatic carbocycles. The van der Waals surface area contributed by atoms with E-state index in [9.17, 15) is 4.79 Å². The Labute approximate surface area is 174 Å². The Hall–Kier alpha value is -2.64. The minimum absolute atomic E-state index is 0.0135. The molecule has 1 fully saturated rings. The molecule has 1 saturated heterocycles. The number of aromatic nitrogens is 1. The first-order valence-electron chi connectivity index (χ1n) is 9.62. The molecule has 2 aromatic carbocycles. The van der Waals surface area contributed by atoms with Gasteiger partial charge < -0.3 is 14.2 Å². The van der Waals surface area contributed by atoms with Crippen LogP contribution in [0.1, 0.15) is 28.8 Å². The molecule has 6 nitrogen and oxygen atoms in total. The van der Waals surface area contributed by atoms with Gasteiger partial charge >= 0.3 is 0 Å². The maximum Gasteiger partial charge on any atom is 0.260 e. The summed E-state index contributed by atoms with van der Waals surface area (Å²) in [6, 6.07) is 11.3. The van der Waals surface area contributed by atoms with Crippen LogP contribution in [0, 0.1) is 6.92 Å². The Morgan fingerprint density at radius 1 is 1.24 bits per heavy atom. The van der Waals surface area contributed by atoms with Gasteiger partial charge in [-0.2, -0.15) is 0 Å². The molecular weight excluding hydrogens is 388 g/mol. The number of rotatable bonds is 6. The van der Waals surface area contributed by atoms with E-state index >= 15 is 0 Å². The molecule has 0 radical (unpaired) electrons. The number of hydrogen-bond acceptors (Lipinski definition) is 6. The van der Waals surface area contributed by atoms with Crippen LogP contribution >= 0.6 is 11.3 Å². The van der Waals surface area contributed by atoms with E-state index in [1.165, 1.54) is 11.3 Å². The molecule has 1 aliphatic heterocycles. The predicted octanol–water partition coefficient (Wildman–Crippen LogP) is 4.45. The number of methoxy groups -OCH3 is 2. The van der Waals surface area contributed by atoms with Crippen molar-refractivity contribution in [3.63, 3.8) is 0 Å². The maximum atomic E-state index is 13.4. The van der Waals surface area contributed by atoms with E-state index < -0.39 is 0 Å². The predicted molar refractivity (Wildman–Crippen MR) is 115 cm³/mol. The van der Waals surface area contributed by atoms with Crippen molar-refractivity contribution in [3.05, 3.63) is 47.5 Å². The average molecular weight is 413 g/mol. The van der Waals surface area contributed by atoms with Crippen LogP contribution in [-0.4, -0.2) is 44.4 Å². The van der Waals surface area contributed by atoms with Gasteiger partial charge in [-0.1, -0.05) is 29.0 Å². The maximum absolute atomic E-state index is 13.4. The summed E-state index contributed by atoms with van der Waals surface area (Å²) in [6.07, 6.45) is 1.97. The molecule has 4 rings (SSSR count). The molecule has 1 unspecified atom stereocenters. The first-order valence-corrected chi connectivity index (χ1v) is 10.4. The van der Waals surface area contributed by atoms with Crippen molar-refractivity contribution in [3.8, 4) is 11.5 Å². The lowest BCUT2D eigenvalue weighted by molar-refractivity contribution is 0.0917. The number of thiazole rings is 1. The first kappa shape index (κ1) is 19.7. The van der Waals surface area contributed by atoms with Crippen LogP contribution in [0.4, 0.5) is 5.13 Å². The molecule has 29 heavy (non-hydrogen) atoms. The molecule has 0 N–H and O–H groups in total. The highest BCUT2D eigenvalue weighted by atomic mass is 32.1. The second-order valence-electron chi connectivity index (χ2n) is 7.06. The number of benzene rings is 2. The third-order valence-corrected chi connectivity index (χ3v) is 6.14. The number of carbonyl (C=O) groups is 1. The number of carbonyl (C=O) groups excluding carboxylic acids is 1. The van der Waals surface area contributed by atoms with E-state index in [1.54, 1.807) is 19.1 Å². The average Bonchev–Trinajstić information content (AvgIpc) is 3.40. The van der Waals surface area contributed by atoms with Crippen LogP contribution < -0.4 is 14.4 Å². The molecular formula is C22H24N2O4S. The van der Waals surface area contributed by atoms with Crippen LogP contribution in [0.25, 0.3) is 10.2 Å². The summed E-state index contributed by atoms with van der Waals surface area (Å²) >= 11 is 1.43. The minimum Gasteiger partial charge on any atom is -0.495 e.